The molecular formula is C13H20N4O2S2. The van der Waals surface area contributed by atoms with Gasteiger partial charge in [-0.2, -0.15) is 0 Å². The summed E-state index contributed by atoms with van der Waals surface area (Å²) < 4.78 is 6.49. The van der Waals surface area contributed by atoms with E-state index in [4.69, 9.17) is 4.74 Å². The maximum Gasteiger partial charge on any atom is 0.233 e. The molecule has 2 heterocycles. The minimum absolute atomic E-state index is 0.110. The topological polar surface area (TPSA) is 67.4 Å². The number of ether oxygens (including phenoxy) is 1. The van der Waals surface area contributed by atoms with E-state index in [1.807, 2.05) is 18.7 Å². The van der Waals surface area contributed by atoms with E-state index >= 15 is 0 Å². The Balaban J connectivity index is 1.47. The highest BCUT2D eigenvalue weighted by atomic mass is 32.2. The number of anilines is 1. The van der Waals surface area contributed by atoms with Gasteiger partial charge in [0.25, 0.3) is 0 Å². The molecule has 1 aliphatic carbocycles. The van der Waals surface area contributed by atoms with Gasteiger partial charge in [-0.3, -0.25) is 4.79 Å². The molecule has 1 aliphatic heterocycles. The monoisotopic (exact) mass is 328 g/mol. The predicted molar refractivity (Wildman–Crippen MR) is 83.9 cm³/mol. The van der Waals surface area contributed by atoms with Gasteiger partial charge in [-0.05, 0) is 26.7 Å². The highest BCUT2D eigenvalue weighted by Crippen LogP contribution is 2.30. The first-order valence-corrected chi connectivity index (χ1v) is 9.06. The molecule has 3 rings (SSSR count). The number of nitrogens with zero attached hydrogens (tertiary/aromatic N) is 3. The molecule has 2 aliphatic rings. The number of nitrogens with one attached hydrogen (secondary N) is 1. The lowest BCUT2D eigenvalue weighted by molar-refractivity contribution is -0.140. The van der Waals surface area contributed by atoms with E-state index in [0.29, 0.717) is 24.9 Å². The number of hydrogen-bond donors (Lipinski definition) is 1. The minimum atomic E-state index is 0.110. The van der Waals surface area contributed by atoms with E-state index in [1.54, 1.807) is 0 Å². The standard InChI is InChI=1S/C13H20N4O2S2/c1-8-5-17(6-9(2)19-8)11(18)7-20-13-16-15-12(21-13)14-10-3-4-10/h8-10H,3-7H2,1-2H3,(H,14,15)/t8-,9+. The highest BCUT2D eigenvalue weighted by molar-refractivity contribution is 8.01. The molecule has 6 nitrogen and oxygen atoms in total. The van der Waals surface area contributed by atoms with Crippen LogP contribution >= 0.6 is 23.1 Å². The maximum absolute atomic E-state index is 12.2. The summed E-state index contributed by atoms with van der Waals surface area (Å²) in [7, 11) is 0. The zero-order valence-electron chi connectivity index (χ0n) is 12.2. The second kappa shape index (κ2) is 6.50. The molecule has 8 heteroatoms. The summed E-state index contributed by atoms with van der Waals surface area (Å²) in [6.45, 7) is 5.36. The van der Waals surface area contributed by atoms with Gasteiger partial charge in [0.2, 0.25) is 11.0 Å². The molecule has 1 amide bonds. The van der Waals surface area contributed by atoms with Crippen LogP contribution in [0.4, 0.5) is 5.13 Å². The van der Waals surface area contributed by atoms with Crippen molar-refractivity contribution in [1.29, 1.82) is 0 Å². The molecule has 0 unspecified atom stereocenters. The molecule has 21 heavy (non-hydrogen) atoms. The van der Waals surface area contributed by atoms with Gasteiger partial charge in [0.1, 0.15) is 0 Å². The number of carbonyl (C=O) groups is 1. The van der Waals surface area contributed by atoms with E-state index in [-0.39, 0.29) is 18.1 Å². The molecular weight excluding hydrogens is 308 g/mol. The molecule has 1 aromatic rings. The van der Waals surface area contributed by atoms with Crippen LogP contribution in [-0.2, 0) is 9.53 Å². The van der Waals surface area contributed by atoms with Crippen molar-refractivity contribution in [3.05, 3.63) is 0 Å². The summed E-state index contributed by atoms with van der Waals surface area (Å²) in [4.78, 5) is 14.1. The van der Waals surface area contributed by atoms with Gasteiger partial charge >= 0.3 is 0 Å². The zero-order chi connectivity index (χ0) is 14.8. The molecule has 1 aromatic heterocycles. The maximum atomic E-state index is 12.2. The smallest absolute Gasteiger partial charge is 0.233 e. The first-order valence-electron chi connectivity index (χ1n) is 7.26. The van der Waals surface area contributed by atoms with Crippen LogP contribution in [0.15, 0.2) is 4.34 Å². The Morgan fingerprint density at radius 2 is 2.10 bits per heavy atom. The van der Waals surface area contributed by atoms with E-state index in [0.717, 1.165) is 9.47 Å². The Morgan fingerprint density at radius 3 is 2.76 bits per heavy atom. The SMILES string of the molecule is C[C@@H]1CN(C(=O)CSc2nnc(NC3CC3)s2)C[C@H](C)O1. The normalized spacial score (nSPS) is 25.9. The second-order valence-corrected chi connectivity index (χ2v) is 7.84. The average Bonchev–Trinajstić information content (AvgIpc) is 3.12. The Bertz CT molecular complexity index is 496. The van der Waals surface area contributed by atoms with Crippen molar-refractivity contribution < 1.29 is 9.53 Å². The van der Waals surface area contributed by atoms with Crippen LogP contribution in [-0.4, -0.2) is 58.1 Å². The van der Waals surface area contributed by atoms with Crippen molar-refractivity contribution in [2.24, 2.45) is 0 Å². The largest absolute Gasteiger partial charge is 0.372 e. The van der Waals surface area contributed by atoms with Crippen LogP contribution in [0.2, 0.25) is 0 Å². The molecule has 0 aromatic carbocycles. The lowest BCUT2D eigenvalue weighted by Gasteiger charge is -2.35. The molecule has 0 spiro atoms. The quantitative estimate of drug-likeness (QED) is 0.832. The summed E-state index contributed by atoms with van der Waals surface area (Å²) in [5.41, 5.74) is 0. The summed E-state index contributed by atoms with van der Waals surface area (Å²) in [5.74, 6) is 0.561. The van der Waals surface area contributed by atoms with Gasteiger partial charge in [0.05, 0.1) is 18.0 Å². The first-order chi connectivity index (χ1) is 10.1. The number of thioether (sulfide) groups is 1. The molecule has 2 atom stereocenters. The van der Waals surface area contributed by atoms with E-state index in [9.17, 15) is 4.79 Å². The predicted octanol–water partition coefficient (Wildman–Crippen LogP) is 1.84. The van der Waals surface area contributed by atoms with E-state index in [2.05, 4.69) is 15.5 Å². The third-order valence-electron chi connectivity index (χ3n) is 3.40. The van der Waals surface area contributed by atoms with Crippen molar-refractivity contribution in [2.45, 2.75) is 49.3 Å². The highest BCUT2D eigenvalue weighted by Gasteiger charge is 2.26. The molecule has 116 valence electrons. The van der Waals surface area contributed by atoms with Crippen molar-refractivity contribution in [3.63, 3.8) is 0 Å². The molecule has 1 saturated carbocycles. The van der Waals surface area contributed by atoms with Crippen LogP contribution in [0.1, 0.15) is 26.7 Å². The van der Waals surface area contributed by atoms with Crippen LogP contribution < -0.4 is 5.32 Å². The van der Waals surface area contributed by atoms with Crippen molar-refractivity contribution >= 4 is 34.1 Å². The van der Waals surface area contributed by atoms with Crippen molar-refractivity contribution in [3.8, 4) is 0 Å². The van der Waals surface area contributed by atoms with Gasteiger partial charge < -0.3 is 15.0 Å². The number of aromatic nitrogens is 2. The third-order valence-corrected chi connectivity index (χ3v) is 5.38. The van der Waals surface area contributed by atoms with Gasteiger partial charge in [-0.1, -0.05) is 23.1 Å². The summed E-state index contributed by atoms with van der Waals surface area (Å²) >= 11 is 2.99. The van der Waals surface area contributed by atoms with Gasteiger partial charge in [0.15, 0.2) is 4.34 Å². The van der Waals surface area contributed by atoms with Crippen molar-refractivity contribution in [2.75, 3.05) is 24.2 Å². The lowest BCUT2D eigenvalue weighted by atomic mass is 10.2. The fourth-order valence-corrected chi connectivity index (χ4v) is 4.06. The van der Waals surface area contributed by atoms with Crippen LogP contribution in [0.5, 0.6) is 0 Å². The van der Waals surface area contributed by atoms with E-state index in [1.165, 1.54) is 35.9 Å². The molecule has 0 bridgehead atoms. The number of morpholine rings is 1. The zero-order valence-corrected chi connectivity index (χ0v) is 13.9. The number of carbonyl (C=O) groups excluding carboxylic acids is 1. The minimum Gasteiger partial charge on any atom is -0.372 e. The summed E-state index contributed by atoms with van der Waals surface area (Å²) in [6.07, 6.45) is 2.65. The van der Waals surface area contributed by atoms with Crippen LogP contribution in [0.3, 0.4) is 0 Å². The van der Waals surface area contributed by atoms with Gasteiger partial charge in [-0.15, -0.1) is 10.2 Å². The summed E-state index contributed by atoms with van der Waals surface area (Å²) in [5, 5.41) is 12.4. The molecule has 1 N–H and O–H groups in total. The summed E-state index contributed by atoms with van der Waals surface area (Å²) in [6, 6.07) is 0.578. The number of amides is 1. The van der Waals surface area contributed by atoms with Crippen LogP contribution in [0, 0.1) is 0 Å². The Morgan fingerprint density at radius 1 is 1.38 bits per heavy atom. The molecule has 0 radical (unpaired) electrons. The molecule has 1 saturated heterocycles. The number of hydrogen-bond acceptors (Lipinski definition) is 7. The fourth-order valence-electron chi connectivity index (χ4n) is 2.33. The third kappa shape index (κ3) is 4.31. The van der Waals surface area contributed by atoms with Crippen molar-refractivity contribution in [1.82, 2.24) is 15.1 Å². The Kier molecular flexibility index (Phi) is 4.66. The van der Waals surface area contributed by atoms with Gasteiger partial charge in [0, 0.05) is 19.1 Å². The van der Waals surface area contributed by atoms with Gasteiger partial charge in [-0.25, -0.2) is 0 Å². The average molecular weight is 328 g/mol. The second-order valence-electron chi connectivity index (χ2n) is 5.64. The first kappa shape index (κ1) is 15.1. The fraction of sp³-hybridized carbons (Fsp3) is 0.769. The van der Waals surface area contributed by atoms with Crippen LogP contribution in [0.25, 0.3) is 0 Å². The molecule has 2 fully saturated rings. The Labute approximate surface area is 132 Å². The lowest BCUT2D eigenvalue weighted by Crippen LogP contribution is -2.48. The Hall–Kier alpha value is -0.860. The van der Waals surface area contributed by atoms with E-state index < -0.39 is 0 Å². The number of rotatable bonds is 5.